The quantitative estimate of drug-likeness (QED) is 0.583. The average molecular weight is 299 g/mol. The van der Waals surface area contributed by atoms with Gasteiger partial charge < -0.3 is 21.1 Å². The first-order chi connectivity index (χ1) is 9.90. The SMILES string of the molecule is CC(C)[C@H](NC(=O)CNC(=O)NC1CCCCC1)C(=O)O. The number of amides is 3. The average Bonchev–Trinajstić information content (AvgIpc) is 2.43. The van der Waals surface area contributed by atoms with Crippen LogP contribution in [0.1, 0.15) is 46.0 Å². The Morgan fingerprint density at radius 3 is 2.29 bits per heavy atom. The van der Waals surface area contributed by atoms with Crippen molar-refractivity contribution in [3.05, 3.63) is 0 Å². The van der Waals surface area contributed by atoms with Gasteiger partial charge >= 0.3 is 12.0 Å². The van der Waals surface area contributed by atoms with Gasteiger partial charge in [-0.05, 0) is 18.8 Å². The van der Waals surface area contributed by atoms with Gasteiger partial charge in [-0.2, -0.15) is 0 Å². The van der Waals surface area contributed by atoms with Crippen molar-refractivity contribution < 1.29 is 19.5 Å². The molecular formula is C14H25N3O4. The number of carboxylic acids is 1. The molecular weight excluding hydrogens is 274 g/mol. The van der Waals surface area contributed by atoms with E-state index in [-0.39, 0.29) is 24.5 Å². The summed E-state index contributed by atoms with van der Waals surface area (Å²) in [5.74, 6) is -1.80. The first-order valence-electron chi connectivity index (χ1n) is 7.46. The van der Waals surface area contributed by atoms with E-state index in [1.807, 2.05) is 0 Å². The Hall–Kier alpha value is -1.79. The second-order valence-corrected chi connectivity index (χ2v) is 5.79. The molecule has 21 heavy (non-hydrogen) atoms. The lowest BCUT2D eigenvalue weighted by molar-refractivity contribution is -0.142. The smallest absolute Gasteiger partial charge is 0.326 e. The Balaban J connectivity index is 2.28. The maximum Gasteiger partial charge on any atom is 0.326 e. The van der Waals surface area contributed by atoms with Gasteiger partial charge in [0.15, 0.2) is 0 Å². The number of carbonyl (C=O) groups excluding carboxylic acids is 2. The van der Waals surface area contributed by atoms with E-state index in [1.165, 1.54) is 6.42 Å². The van der Waals surface area contributed by atoms with Crippen LogP contribution in [0.25, 0.3) is 0 Å². The van der Waals surface area contributed by atoms with Gasteiger partial charge in [0.05, 0.1) is 6.54 Å². The van der Waals surface area contributed by atoms with Gasteiger partial charge in [0.25, 0.3) is 0 Å². The molecule has 1 atom stereocenters. The first kappa shape index (κ1) is 17.3. The Kier molecular flexibility index (Phi) is 6.98. The molecule has 0 heterocycles. The zero-order valence-electron chi connectivity index (χ0n) is 12.6. The number of hydrogen-bond acceptors (Lipinski definition) is 3. The molecule has 1 saturated carbocycles. The molecule has 0 radical (unpaired) electrons. The van der Waals surface area contributed by atoms with Gasteiger partial charge in [-0.15, -0.1) is 0 Å². The van der Waals surface area contributed by atoms with Crippen molar-refractivity contribution in [2.75, 3.05) is 6.54 Å². The Morgan fingerprint density at radius 2 is 1.76 bits per heavy atom. The van der Waals surface area contributed by atoms with Crippen LogP contribution in [-0.4, -0.2) is 41.6 Å². The highest BCUT2D eigenvalue weighted by Gasteiger charge is 2.23. The third-order valence-electron chi connectivity index (χ3n) is 3.60. The number of carbonyl (C=O) groups is 3. The van der Waals surface area contributed by atoms with Crippen LogP contribution in [0, 0.1) is 5.92 Å². The topological polar surface area (TPSA) is 108 Å². The standard InChI is InChI=1S/C14H25N3O4/c1-9(2)12(13(19)20)17-11(18)8-15-14(21)16-10-6-4-3-5-7-10/h9-10,12H,3-8H2,1-2H3,(H,17,18)(H,19,20)(H2,15,16,21)/t12-/m0/s1. The molecule has 1 rings (SSSR count). The van der Waals surface area contributed by atoms with Crippen molar-refractivity contribution in [3.8, 4) is 0 Å². The summed E-state index contributed by atoms with van der Waals surface area (Å²) in [6.45, 7) is 3.19. The molecule has 1 aliphatic carbocycles. The zero-order chi connectivity index (χ0) is 15.8. The third-order valence-corrected chi connectivity index (χ3v) is 3.60. The maximum atomic E-state index is 11.7. The van der Waals surface area contributed by atoms with Crippen molar-refractivity contribution in [3.63, 3.8) is 0 Å². The van der Waals surface area contributed by atoms with E-state index >= 15 is 0 Å². The Labute approximate surface area is 124 Å². The van der Waals surface area contributed by atoms with Gasteiger partial charge in [-0.25, -0.2) is 9.59 Å². The summed E-state index contributed by atoms with van der Waals surface area (Å²) < 4.78 is 0. The van der Waals surface area contributed by atoms with Crippen molar-refractivity contribution in [2.24, 2.45) is 5.92 Å². The Bertz CT molecular complexity index is 378. The van der Waals surface area contributed by atoms with Crippen LogP contribution in [0.3, 0.4) is 0 Å². The fourth-order valence-corrected chi connectivity index (χ4v) is 2.38. The molecule has 0 aromatic rings. The molecule has 0 spiro atoms. The molecule has 3 amide bonds. The lowest BCUT2D eigenvalue weighted by atomic mass is 9.96. The molecule has 0 bridgehead atoms. The predicted octanol–water partition coefficient (Wildman–Crippen LogP) is 0.844. The highest BCUT2D eigenvalue weighted by atomic mass is 16.4. The fraction of sp³-hybridized carbons (Fsp3) is 0.786. The summed E-state index contributed by atoms with van der Waals surface area (Å²) in [6, 6.07) is -1.15. The molecule has 0 aliphatic heterocycles. The van der Waals surface area contributed by atoms with Crippen LogP contribution < -0.4 is 16.0 Å². The van der Waals surface area contributed by atoms with E-state index in [0.29, 0.717) is 0 Å². The van der Waals surface area contributed by atoms with E-state index in [4.69, 9.17) is 5.11 Å². The number of rotatable bonds is 6. The third kappa shape index (κ3) is 6.46. The van der Waals surface area contributed by atoms with Gasteiger partial charge in [0.1, 0.15) is 6.04 Å². The van der Waals surface area contributed by atoms with Crippen LogP contribution in [0.5, 0.6) is 0 Å². The fourth-order valence-electron chi connectivity index (χ4n) is 2.38. The normalized spacial score (nSPS) is 17.1. The summed E-state index contributed by atoms with van der Waals surface area (Å²) in [4.78, 5) is 34.3. The van der Waals surface area contributed by atoms with Crippen LogP contribution in [0.4, 0.5) is 4.79 Å². The summed E-state index contributed by atoms with van der Waals surface area (Å²) in [7, 11) is 0. The van der Waals surface area contributed by atoms with Crippen LogP contribution >= 0.6 is 0 Å². The van der Waals surface area contributed by atoms with E-state index in [2.05, 4.69) is 16.0 Å². The summed E-state index contributed by atoms with van der Waals surface area (Å²) in [6.07, 6.45) is 5.36. The summed E-state index contributed by atoms with van der Waals surface area (Å²) >= 11 is 0. The van der Waals surface area contributed by atoms with E-state index in [1.54, 1.807) is 13.8 Å². The molecule has 0 unspecified atom stereocenters. The van der Waals surface area contributed by atoms with Crippen LogP contribution in [-0.2, 0) is 9.59 Å². The maximum absolute atomic E-state index is 11.7. The second-order valence-electron chi connectivity index (χ2n) is 5.79. The monoisotopic (exact) mass is 299 g/mol. The summed E-state index contributed by atoms with van der Waals surface area (Å²) in [5.41, 5.74) is 0. The number of carboxylic acid groups (broad SMARTS) is 1. The first-order valence-corrected chi connectivity index (χ1v) is 7.46. The molecule has 0 saturated heterocycles. The largest absolute Gasteiger partial charge is 0.480 e. The van der Waals surface area contributed by atoms with Crippen molar-refractivity contribution >= 4 is 17.9 Å². The molecule has 1 fully saturated rings. The minimum absolute atomic E-state index is 0.171. The van der Waals surface area contributed by atoms with E-state index in [0.717, 1.165) is 25.7 Å². The van der Waals surface area contributed by atoms with E-state index < -0.39 is 17.9 Å². The minimum atomic E-state index is -1.08. The van der Waals surface area contributed by atoms with Crippen LogP contribution in [0.15, 0.2) is 0 Å². The number of aliphatic carboxylic acids is 1. The Morgan fingerprint density at radius 1 is 1.14 bits per heavy atom. The molecule has 7 nitrogen and oxygen atoms in total. The lowest BCUT2D eigenvalue weighted by Gasteiger charge is -2.23. The molecule has 1 aliphatic rings. The van der Waals surface area contributed by atoms with Gasteiger partial charge in [-0.1, -0.05) is 33.1 Å². The molecule has 4 N–H and O–H groups in total. The molecule has 7 heteroatoms. The van der Waals surface area contributed by atoms with Gasteiger partial charge in [-0.3, -0.25) is 4.79 Å². The molecule has 0 aromatic heterocycles. The van der Waals surface area contributed by atoms with Crippen molar-refractivity contribution in [1.82, 2.24) is 16.0 Å². The molecule has 0 aromatic carbocycles. The van der Waals surface area contributed by atoms with E-state index in [9.17, 15) is 14.4 Å². The molecule has 120 valence electrons. The highest BCUT2D eigenvalue weighted by Crippen LogP contribution is 2.17. The minimum Gasteiger partial charge on any atom is -0.480 e. The van der Waals surface area contributed by atoms with Crippen LogP contribution in [0.2, 0.25) is 0 Å². The summed E-state index contributed by atoms with van der Waals surface area (Å²) in [5, 5.41) is 16.7. The lowest BCUT2D eigenvalue weighted by Crippen LogP contribution is -2.50. The van der Waals surface area contributed by atoms with Crippen molar-refractivity contribution in [1.29, 1.82) is 0 Å². The number of nitrogens with one attached hydrogen (secondary N) is 3. The predicted molar refractivity (Wildman–Crippen MR) is 77.8 cm³/mol. The number of hydrogen-bond donors (Lipinski definition) is 4. The van der Waals surface area contributed by atoms with Gasteiger partial charge in [0, 0.05) is 6.04 Å². The second kappa shape index (κ2) is 8.49. The zero-order valence-corrected chi connectivity index (χ0v) is 12.6. The van der Waals surface area contributed by atoms with Crippen molar-refractivity contribution in [2.45, 2.75) is 58.0 Å². The number of urea groups is 1. The highest BCUT2D eigenvalue weighted by molar-refractivity contribution is 5.87. The van der Waals surface area contributed by atoms with Gasteiger partial charge in [0.2, 0.25) is 5.91 Å².